The molecule has 0 N–H and O–H groups in total. The van der Waals surface area contributed by atoms with E-state index in [-0.39, 0.29) is 22.6 Å². The quantitative estimate of drug-likeness (QED) is 0.257. The first kappa shape index (κ1) is 19.5. The van der Waals surface area contributed by atoms with Crippen LogP contribution < -0.4 is 4.90 Å². The van der Waals surface area contributed by atoms with Gasteiger partial charge in [0, 0.05) is 27.8 Å². The summed E-state index contributed by atoms with van der Waals surface area (Å²) in [5, 5.41) is 0. The molecule has 1 aliphatic carbocycles. The molecule has 2 aliphatic rings. The number of allylic oxidation sites excluding steroid dienone is 1. The number of benzene rings is 3. The van der Waals surface area contributed by atoms with Gasteiger partial charge in [-0.15, -0.1) is 0 Å². The molecule has 4 nitrogen and oxygen atoms in total. The number of anilines is 3. The van der Waals surface area contributed by atoms with Gasteiger partial charge in [-0.05, 0) is 35.9 Å². The number of nitrogens with zero attached hydrogens (tertiary/aromatic N) is 1. The van der Waals surface area contributed by atoms with Gasteiger partial charge in [-0.2, -0.15) is 0 Å². The number of hydrogen-bond acceptors (Lipinski definition) is 4. The number of fused-ring (bicyclic) bond motifs is 3. The van der Waals surface area contributed by atoms with Crippen molar-refractivity contribution >= 4 is 34.9 Å². The summed E-state index contributed by atoms with van der Waals surface area (Å²) < 4.78 is 6.37. The van der Waals surface area contributed by atoms with E-state index in [1.807, 2.05) is 48.5 Å². The standard InChI is InChI=1S/C29H21NO3/c1-29(2)23-14-8-9-15-25(23)30(18-10-4-3-5-11-18)28-24(29)17-19(33-28)16-22-26(31)20-12-6-7-13-21(20)27(22)32/h3-17H,1-2H3. The highest BCUT2D eigenvalue weighted by Gasteiger charge is 2.40. The molecule has 0 saturated heterocycles. The maximum atomic E-state index is 12.9. The lowest BCUT2D eigenvalue weighted by Crippen LogP contribution is -2.29. The Morgan fingerprint density at radius 1 is 0.758 bits per heavy atom. The van der Waals surface area contributed by atoms with Crippen LogP contribution in [0.25, 0.3) is 6.08 Å². The van der Waals surface area contributed by atoms with Crippen molar-refractivity contribution in [2.45, 2.75) is 19.3 Å². The van der Waals surface area contributed by atoms with Crippen molar-refractivity contribution in [2.24, 2.45) is 0 Å². The van der Waals surface area contributed by atoms with Gasteiger partial charge in [-0.1, -0.05) is 74.5 Å². The Morgan fingerprint density at radius 2 is 1.36 bits per heavy atom. The molecule has 6 rings (SSSR count). The zero-order chi connectivity index (χ0) is 22.7. The number of ketones is 2. The van der Waals surface area contributed by atoms with Crippen LogP contribution in [0, 0.1) is 0 Å². The Labute approximate surface area is 191 Å². The van der Waals surface area contributed by atoms with Gasteiger partial charge >= 0.3 is 0 Å². The Kier molecular flexibility index (Phi) is 4.08. The van der Waals surface area contributed by atoms with E-state index >= 15 is 0 Å². The van der Waals surface area contributed by atoms with Crippen LogP contribution in [0.2, 0.25) is 0 Å². The lowest BCUT2D eigenvalue weighted by atomic mass is 9.75. The molecule has 0 atom stereocenters. The number of furan rings is 1. The summed E-state index contributed by atoms with van der Waals surface area (Å²) in [6, 6.07) is 27.3. The summed E-state index contributed by atoms with van der Waals surface area (Å²) in [6.45, 7) is 4.34. The second kappa shape index (κ2) is 6.91. The second-order valence-electron chi connectivity index (χ2n) is 8.94. The molecule has 0 bridgehead atoms. The van der Waals surface area contributed by atoms with Crippen molar-refractivity contribution in [1.82, 2.24) is 0 Å². The number of carbonyl (C=O) groups excluding carboxylic acids is 2. The first-order chi connectivity index (χ1) is 16.0. The van der Waals surface area contributed by atoms with Crippen molar-refractivity contribution < 1.29 is 14.0 Å². The van der Waals surface area contributed by atoms with Gasteiger partial charge in [0.25, 0.3) is 0 Å². The van der Waals surface area contributed by atoms with E-state index in [2.05, 4.69) is 30.9 Å². The maximum Gasteiger partial charge on any atom is 0.209 e. The van der Waals surface area contributed by atoms with Crippen molar-refractivity contribution in [1.29, 1.82) is 0 Å². The Morgan fingerprint density at radius 3 is 2.06 bits per heavy atom. The molecule has 0 fully saturated rings. The van der Waals surface area contributed by atoms with Crippen LogP contribution in [0.15, 0.2) is 94.9 Å². The molecule has 0 saturated carbocycles. The SMILES string of the molecule is CC1(C)c2ccccc2N(c2ccccc2)c2oc(C=C3C(=O)c4ccccc4C3=O)cc21. The van der Waals surface area contributed by atoms with E-state index in [0.29, 0.717) is 22.8 Å². The van der Waals surface area contributed by atoms with Crippen LogP contribution in [-0.4, -0.2) is 11.6 Å². The number of carbonyl (C=O) groups is 2. The predicted molar refractivity (Wildman–Crippen MR) is 129 cm³/mol. The summed E-state index contributed by atoms with van der Waals surface area (Å²) >= 11 is 0. The van der Waals surface area contributed by atoms with E-state index < -0.39 is 0 Å². The molecule has 4 heteroatoms. The zero-order valence-electron chi connectivity index (χ0n) is 18.3. The van der Waals surface area contributed by atoms with Gasteiger partial charge in [0.15, 0.2) is 11.6 Å². The predicted octanol–water partition coefficient (Wildman–Crippen LogP) is 6.85. The summed E-state index contributed by atoms with van der Waals surface area (Å²) in [6.07, 6.45) is 1.59. The summed E-state index contributed by atoms with van der Waals surface area (Å²) in [7, 11) is 0. The fraction of sp³-hybridized carbons (Fsp3) is 0.103. The number of para-hydroxylation sites is 2. The third-order valence-corrected chi connectivity index (χ3v) is 6.63. The third kappa shape index (κ3) is 2.77. The molecule has 0 amide bonds. The van der Waals surface area contributed by atoms with E-state index in [1.165, 1.54) is 5.56 Å². The monoisotopic (exact) mass is 431 g/mol. The fourth-order valence-corrected chi connectivity index (χ4v) is 4.92. The lowest BCUT2D eigenvalue weighted by Gasteiger charge is -2.38. The Hall–Kier alpha value is -4.18. The molecule has 160 valence electrons. The van der Waals surface area contributed by atoms with E-state index in [1.54, 1.807) is 30.3 Å². The highest BCUT2D eigenvalue weighted by atomic mass is 16.4. The smallest absolute Gasteiger partial charge is 0.209 e. The van der Waals surface area contributed by atoms with Crippen molar-refractivity contribution in [2.75, 3.05) is 4.90 Å². The summed E-state index contributed by atoms with van der Waals surface area (Å²) in [5.74, 6) is 0.679. The van der Waals surface area contributed by atoms with Gasteiger partial charge in [0.2, 0.25) is 5.88 Å². The van der Waals surface area contributed by atoms with Crippen LogP contribution in [0.5, 0.6) is 0 Å². The molecule has 2 heterocycles. The molecular weight excluding hydrogens is 410 g/mol. The van der Waals surface area contributed by atoms with Gasteiger partial charge in [-0.3, -0.25) is 14.5 Å². The zero-order valence-corrected chi connectivity index (χ0v) is 18.3. The highest BCUT2D eigenvalue weighted by Crippen LogP contribution is 2.53. The second-order valence-corrected chi connectivity index (χ2v) is 8.94. The molecule has 0 spiro atoms. The average Bonchev–Trinajstić information content (AvgIpc) is 3.36. The van der Waals surface area contributed by atoms with Gasteiger partial charge in [0.05, 0.1) is 11.3 Å². The number of rotatable bonds is 2. The fourth-order valence-electron chi connectivity index (χ4n) is 4.92. The third-order valence-electron chi connectivity index (χ3n) is 6.63. The largest absolute Gasteiger partial charge is 0.440 e. The molecule has 1 aromatic heterocycles. The minimum absolute atomic E-state index is 0.142. The topological polar surface area (TPSA) is 50.5 Å². The normalized spacial score (nSPS) is 15.8. The number of Topliss-reactive ketones (excluding diaryl/α,β-unsaturated/α-hetero) is 2. The highest BCUT2D eigenvalue weighted by molar-refractivity contribution is 6.41. The summed E-state index contributed by atoms with van der Waals surface area (Å²) in [5.41, 5.74) is 4.95. The lowest BCUT2D eigenvalue weighted by molar-refractivity contribution is 0.0990. The molecule has 33 heavy (non-hydrogen) atoms. The van der Waals surface area contributed by atoms with E-state index in [0.717, 1.165) is 16.9 Å². The van der Waals surface area contributed by atoms with Crippen LogP contribution in [0.3, 0.4) is 0 Å². The van der Waals surface area contributed by atoms with Crippen LogP contribution in [0.1, 0.15) is 51.5 Å². The Bertz CT molecular complexity index is 1440. The van der Waals surface area contributed by atoms with Crippen molar-refractivity contribution in [3.63, 3.8) is 0 Å². The maximum absolute atomic E-state index is 12.9. The van der Waals surface area contributed by atoms with Crippen LogP contribution >= 0.6 is 0 Å². The molecule has 0 radical (unpaired) electrons. The molecule has 1 aliphatic heterocycles. The first-order valence-electron chi connectivity index (χ1n) is 11.0. The van der Waals surface area contributed by atoms with Crippen molar-refractivity contribution in [3.05, 3.63) is 119 Å². The van der Waals surface area contributed by atoms with Crippen LogP contribution in [-0.2, 0) is 5.41 Å². The van der Waals surface area contributed by atoms with Gasteiger partial charge in [0.1, 0.15) is 5.76 Å². The minimum atomic E-state index is -0.315. The van der Waals surface area contributed by atoms with Crippen LogP contribution in [0.4, 0.5) is 17.3 Å². The molecule has 4 aromatic rings. The summed E-state index contributed by atoms with van der Waals surface area (Å²) in [4.78, 5) is 27.9. The molecule has 0 unspecified atom stereocenters. The Balaban J connectivity index is 1.53. The molecular formula is C29H21NO3. The first-order valence-corrected chi connectivity index (χ1v) is 11.0. The molecule has 3 aromatic carbocycles. The number of hydrogen-bond donors (Lipinski definition) is 0. The van der Waals surface area contributed by atoms with Gasteiger partial charge in [-0.25, -0.2) is 0 Å². The van der Waals surface area contributed by atoms with Crippen molar-refractivity contribution in [3.8, 4) is 0 Å². The minimum Gasteiger partial charge on any atom is -0.440 e. The average molecular weight is 431 g/mol. The van der Waals surface area contributed by atoms with E-state index in [9.17, 15) is 9.59 Å². The van der Waals surface area contributed by atoms with Gasteiger partial charge < -0.3 is 4.42 Å². The van der Waals surface area contributed by atoms with E-state index in [4.69, 9.17) is 4.42 Å².